The number of carbonyl (C=O) groups is 1. The number of carbonyl (C=O) groups excluding carboxylic acids is 1. The number of aryl methyl sites for hydroxylation is 2. The normalized spacial score (nSPS) is 10.2. The minimum Gasteiger partial charge on any atom is -0.326 e. The highest BCUT2D eigenvalue weighted by Gasteiger charge is 2.06. The first-order valence-electron chi connectivity index (χ1n) is 5.95. The van der Waals surface area contributed by atoms with Crippen LogP contribution in [0.2, 0.25) is 5.02 Å². The van der Waals surface area contributed by atoms with Gasteiger partial charge in [-0.3, -0.25) is 4.79 Å². The van der Waals surface area contributed by atoms with Crippen molar-refractivity contribution in [2.75, 3.05) is 5.32 Å². The van der Waals surface area contributed by atoms with Crippen LogP contribution in [-0.4, -0.2) is 15.9 Å². The second-order valence-corrected chi connectivity index (χ2v) is 4.69. The number of hydrogen-bond donors (Lipinski definition) is 1. The van der Waals surface area contributed by atoms with Gasteiger partial charge in [-0.2, -0.15) is 0 Å². The van der Waals surface area contributed by atoms with Crippen LogP contribution in [0.15, 0.2) is 36.9 Å². The van der Waals surface area contributed by atoms with Gasteiger partial charge in [0.05, 0.1) is 0 Å². The molecule has 1 N–H and O–H groups in total. The summed E-state index contributed by atoms with van der Waals surface area (Å²) in [6, 6.07) is 5.43. The zero-order valence-electron chi connectivity index (χ0n) is 10.6. The fourth-order valence-electron chi connectivity index (χ4n) is 1.66. The zero-order chi connectivity index (χ0) is 13.7. The molecular formula is C14H14ClN3O. The van der Waals surface area contributed by atoms with Crippen LogP contribution in [0.3, 0.4) is 0 Å². The molecule has 0 atom stereocenters. The molecule has 1 aromatic heterocycles. The van der Waals surface area contributed by atoms with Crippen LogP contribution in [0.5, 0.6) is 0 Å². The van der Waals surface area contributed by atoms with Gasteiger partial charge in [0.15, 0.2) is 0 Å². The van der Waals surface area contributed by atoms with E-state index in [1.807, 2.05) is 13.0 Å². The van der Waals surface area contributed by atoms with E-state index in [-0.39, 0.29) is 5.91 Å². The van der Waals surface area contributed by atoms with Gasteiger partial charge in [0, 0.05) is 29.5 Å². The lowest BCUT2D eigenvalue weighted by atomic mass is 10.1. The summed E-state index contributed by atoms with van der Waals surface area (Å²) < 4.78 is 0. The minimum atomic E-state index is -0.0470. The summed E-state index contributed by atoms with van der Waals surface area (Å²) in [7, 11) is 0. The van der Waals surface area contributed by atoms with Gasteiger partial charge < -0.3 is 5.32 Å². The van der Waals surface area contributed by atoms with Gasteiger partial charge in [-0.05, 0) is 36.6 Å². The monoisotopic (exact) mass is 275 g/mol. The molecular weight excluding hydrogens is 262 g/mol. The molecule has 19 heavy (non-hydrogen) atoms. The summed E-state index contributed by atoms with van der Waals surface area (Å²) in [5.74, 6) is -0.0470. The van der Waals surface area contributed by atoms with Crippen molar-refractivity contribution >= 4 is 23.2 Å². The van der Waals surface area contributed by atoms with E-state index >= 15 is 0 Å². The van der Waals surface area contributed by atoms with Gasteiger partial charge in [-0.25, -0.2) is 9.97 Å². The molecule has 2 aromatic rings. The Balaban J connectivity index is 1.93. The lowest BCUT2D eigenvalue weighted by molar-refractivity contribution is -0.116. The molecule has 1 amide bonds. The molecule has 1 heterocycles. The van der Waals surface area contributed by atoms with Crippen molar-refractivity contribution in [2.24, 2.45) is 0 Å². The third-order valence-electron chi connectivity index (χ3n) is 2.73. The Morgan fingerprint density at radius 2 is 2.05 bits per heavy atom. The van der Waals surface area contributed by atoms with Crippen molar-refractivity contribution in [2.45, 2.75) is 19.8 Å². The maximum atomic E-state index is 11.9. The summed E-state index contributed by atoms with van der Waals surface area (Å²) in [4.78, 5) is 19.7. The van der Waals surface area contributed by atoms with Gasteiger partial charge >= 0.3 is 0 Å². The number of amides is 1. The summed E-state index contributed by atoms with van der Waals surface area (Å²) in [6.07, 6.45) is 5.90. The van der Waals surface area contributed by atoms with Crippen molar-refractivity contribution in [3.8, 4) is 0 Å². The highest BCUT2D eigenvalue weighted by atomic mass is 35.5. The standard InChI is InChI=1S/C14H14ClN3O/c1-10-2-4-12(15)6-13(10)18-14(19)5-3-11-7-16-9-17-8-11/h2,4,6-9H,3,5H2,1H3,(H,18,19). The van der Waals surface area contributed by atoms with Gasteiger partial charge in [0.25, 0.3) is 0 Å². The summed E-state index contributed by atoms with van der Waals surface area (Å²) in [5.41, 5.74) is 2.68. The summed E-state index contributed by atoms with van der Waals surface area (Å²) >= 11 is 5.91. The van der Waals surface area contributed by atoms with Gasteiger partial charge in [0.1, 0.15) is 6.33 Å². The predicted octanol–water partition coefficient (Wildman–Crippen LogP) is 3.01. The first-order valence-corrected chi connectivity index (χ1v) is 6.33. The molecule has 0 aliphatic carbocycles. The number of benzene rings is 1. The molecule has 0 aliphatic rings. The summed E-state index contributed by atoms with van der Waals surface area (Å²) in [6.45, 7) is 1.93. The van der Waals surface area contributed by atoms with E-state index in [0.29, 0.717) is 17.9 Å². The Morgan fingerprint density at radius 3 is 2.79 bits per heavy atom. The second kappa shape index (κ2) is 6.29. The van der Waals surface area contributed by atoms with E-state index in [1.165, 1.54) is 6.33 Å². The van der Waals surface area contributed by atoms with Crippen LogP contribution in [0, 0.1) is 6.92 Å². The molecule has 0 unspecified atom stereocenters. The van der Waals surface area contributed by atoms with E-state index in [0.717, 1.165) is 16.8 Å². The molecule has 0 saturated carbocycles. The molecule has 4 nitrogen and oxygen atoms in total. The average Bonchev–Trinajstić information content (AvgIpc) is 2.42. The number of hydrogen-bond acceptors (Lipinski definition) is 3. The Labute approximate surface area is 116 Å². The van der Waals surface area contributed by atoms with E-state index in [4.69, 9.17) is 11.6 Å². The Bertz CT molecular complexity index is 572. The van der Waals surface area contributed by atoms with Crippen LogP contribution >= 0.6 is 11.6 Å². The van der Waals surface area contributed by atoms with Crippen LogP contribution in [0.1, 0.15) is 17.5 Å². The lowest BCUT2D eigenvalue weighted by Crippen LogP contribution is -2.13. The number of anilines is 1. The molecule has 0 fully saturated rings. The van der Waals surface area contributed by atoms with E-state index in [2.05, 4.69) is 15.3 Å². The smallest absolute Gasteiger partial charge is 0.224 e. The third-order valence-corrected chi connectivity index (χ3v) is 2.96. The molecule has 0 spiro atoms. The fourth-order valence-corrected chi connectivity index (χ4v) is 1.83. The highest BCUT2D eigenvalue weighted by Crippen LogP contribution is 2.20. The van der Waals surface area contributed by atoms with Crippen LogP contribution in [-0.2, 0) is 11.2 Å². The van der Waals surface area contributed by atoms with Crippen LogP contribution in [0.25, 0.3) is 0 Å². The van der Waals surface area contributed by atoms with Crippen LogP contribution < -0.4 is 5.32 Å². The Kier molecular flexibility index (Phi) is 4.47. The van der Waals surface area contributed by atoms with E-state index < -0.39 is 0 Å². The van der Waals surface area contributed by atoms with Crippen molar-refractivity contribution in [1.29, 1.82) is 0 Å². The Morgan fingerprint density at radius 1 is 1.32 bits per heavy atom. The van der Waals surface area contributed by atoms with Gasteiger partial charge in [-0.15, -0.1) is 0 Å². The fraction of sp³-hybridized carbons (Fsp3) is 0.214. The van der Waals surface area contributed by atoms with Crippen molar-refractivity contribution in [1.82, 2.24) is 9.97 Å². The highest BCUT2D eigenvalue weighted by molar-refractivity contribution is 6.31. The molecule has 0 aliphatic heterocycles. The summed E-state index contributed by atoms with van der Waals surface area (Å²) in [5, 5.41) is 3.47. The maximum absolute atomic E-state index is 11.9. The number of aromatic nitrogens is 2. The predicted molar refractivity (Wildman–Crippen MR) is 75.2 cm³/mol. The average molecular weight is 276 g/mol. The quantitative estimate of drug-likeness (QED) is 0.933. The first kappa shape index (κ1) is 13.5. The van der Waals surface area contributed by atoms with Gasteiger partial charge in [0.2, 0.25) is 5.91 Å². The molecule has 98 valence electrons. The van der Waals surface area contributed by atoms with Crippen LogP contribution in [0.4, 0.5) is 5.69 Å². The largest absolute Gasteiger partial charge is 0.326 e. The van der Waals surface area contributed by atoms with Crippen molar-refractivity contribution in [3.05, 3.63) is 53.1 Å². The topological polar surface area (TPSA) is 54.9 Å². The van der Waals surface area contributed by atoms with E-state index in [1.54, 1.807) is 24.5 Å². The number of halogens is 1. The maximum Gasteiger partial charge on any atom is 0.224 e. The molecule has 0 bridgehead atoms. The second-order valence-electron chi connectivity index (χ2n) is 4.25. The molecule has 5 heteroatoms. The Hall–Kier alpha value is -1.94. The number of nitrogens with zero attached hydrogens (tertiary/aromatic N) is 2. The lowest BCUT2D eigenvalue weighted by Gasteiger charge is -2.08. The first-order chi connectivity index (χ1) is 9.15. The SMILES string of the molecule is Cc1ccc(Cl)cc1NC(=O)CCc1cncnc1. The molecule has 0 radical (unpaired) electrons. The minimum absolute atomic E-state index is 0.0470. The van der Waals surface area contributed by atoms with Gasteiger partial charge in [-0.1, -0.05) is 17.7 Å². The zero-order valence-corrected chi connectivity index (χ0v) is 11.3. The number of nitrogens with one attached hydrogen (secondary N) is 1. The molecule has 2 rings (SSSR count). The molecule has 0 saturated heterocycles. The van der Waals surface area contributed by atoms with Crippen molar-refractivity contribution in [3.63, 3.8) is 0 Å². The third kappa shape index (κ3) is 4.03. The molecule has 1 aromatic carbocycles. The van der Waals surface area contributed by atoms with Crippen molar-refractivity contribution < 1.29 is 4.79 Å². The van der Waals surface area contributed by atoms with E-state index in [9.17, 15) is 4.79 Å². The number of rotatable bonds is 4.